The van der Waals surface area contributed by atoms with Crippen molar-refractivity contribution in [1.82, 2.24) is 0 Å². The van der Waals surface area contributed by atoms with E-state index in [4.69, 9.17) is 9.47 Å². The number of benzene rings is 2. The molecular weight excluding hydrogens is 444 g/mol. The van der Waals surface area contributed by atoms with Crippen molar-refractivity contribution >= 4 is 11.9 Å². The van der Waals surface area contributed by atoms with Crippen molar-refractivity contribution < 1.29 is 29.3 Å². The maximum atomic E-state index is 12.0. The lowest BCUT2D eigenvalue weighted by molar-refractivity contribution is -0.130. The first kappa shape index (κ1) is 28.0. The summed E-state index contributed by atoms with van der Waals surface area (Å²) in [7, 11) is 0. The predicted molar refractivity (Wildman–Crippen MR) is 137 cm³/mol. The lowest BCUT2D eigenvalue weighted by atomic mass is 9.73. The van der Waals surface area contributed by atoms with Gasteiger partial charge in [-0.25, -0.2) is 9.59 Å². The molecule has 0 fully saturated rings. The molecule has 2 unspecified atom stereocenters. The van der Waals surface area contributed by atoms with Crippen LogP contribution in [0.1, 0.15) is 63.8 Å². The number of carbonyl (C=O) groups excluding carboxylic acids is 2. The van der Waals surface area contributed by atoms with Crippen molar-refractivity contribution in [1.29, 1.82) is 0 Å². The summed E-state index contributed by atoms with van der Waals surface area (Å²) in [6, 6.07) is 10.8. The van der Waals surface area contributed by atoms with Crippen molar-refractivity contribution in [3.8, 4) is 11.5 Å². The van der Waals surface area contributed by atoms with Gasteiger partial charge in [0.15, 0.2) is 0 Å². The SMILES string of the molecule is C=C(C)C(=O)Oc1ccc(C(C)(C)c2ccc(OC(=O)C(=C)C)cc2CC(C)O)c(CC(C)O)c1. The Hall–Kier alpha value is -3.22. The zero-order valence-electron chi connectivity index (χ0n) is 21.5. The van der Waals surface area contributed by atoms with Gasteiger partial charge in [0.2, 0.25) is 0 Å². The molecule has 2 aromatic carbocycles. The Balaban J connectivity index is 2.59. The van der Waals surface area contributed by atoms with Crippen LogP contribution in [0.3, 0.4) is 0 Å². The molecule has 0 aromatic heterocycles. The second-order valence-electron chi connectivity index (χ2n) is 9.71. The van der Waals surface area contributed by atoms with Gasteiger partial charge in [-0.1, -0.05) is 39.1 Å². The number of hydrogen-bond acceptors (Lipinski definition) is 6. The molecule has 6 nitrogen and oxygen atoms in total. The summed E-state index contributed by atoms with van der Waals surface area (Å²) in [5, 5.41) is 20.3. The Morgan fingerprint density at radius 3 is 1.43 bits per heavy atom. The van der Waals surface area contributed by atoms with E-state index in [0.29, 0.717) is 35.5 Å². The molecule has 0 heterocycles. The van der Waals surface area contributed by atoms with E-state index in [-0.39, 0.29) is 0 Å². The summed E-state index contributed by atoms with van der Waals surface area (Å²) >= 11 is 0. The fraction of sp³-hybridized carbons (Fsp3) is 0.379. The molecule has 2 N–H and O–H groups in total. The first-order chi connectivity index (χ1) is 16.2. The first-order valence-corrected chi connectivity index (χ1v) is 11.6. The van der Waals surface area contributed by atoms with Gasteiger partial charge in [0.25, 0.3) is 0 Å². The van der Waals surface area contributed by atoms with Gasteiger partial charge < -0.3 is 19.7 Å². The molecular formula is C29H36O6. The Morgan fingerprint density at radius 2 is 1.14 bits per heavy atom. The van der Waals surface area contributed by atoms with Crippen LogP contribution in [-0.2, 0) is 27.8 Å². The molecule has 35 heavy (non-hydrogen) atoms. The standard InChI is InChI=1S/C29H36O6/c1-17(2)27(32)34-23-9-11-25(21(15-23)13-19(5)30)29(7,8)26-12-10-24(35-28(33)18(3)4)16-22(26)14-20(6)31/h9-12,15-16,19-20,30-31H,1,3,13-14H2,2,4-8H3. The van der Waals surface area contributed by atoms with Crippen LogP contribution >= 0.6 is 0 Å². The highest BCUT2D eigenvalue weighted by Crippen LogP contribution is 2.39. The van der Waals surface area contributed by atoms with Crippen LogP contribution in [0.5, 0.6) is 11.5 Å². The summed E-state index contributed by atoms with van der Waals surface area (Å²) in [5.41, 5.74) is 3.57. The minimum absolute atomic E-state index is 0.293. The number of aliphatic hydroxyl groups is 2. The van der Waals surface area contributed by atoms with Crippen LogP contribution in [0.25, 0.3) is 0 Å². The molecule has 0 spiro atoms. The summed E-state index contributed by atoms with van der Waals surface area (Å²) in [4.78, 5) is 24.0. The van der Waals surface area contributed by atoms with Crippen LogP contribution < -0.4 is 9.47 Å². The molecule has 0 saturated carbocycles. The summed E-state index contributed by atoms with van der Waals surface area (Å²) in [6.45, 7) is 17.9. The molecule has 0 aliphatic heterocycles. The summed E-state index contributed by atoms with van der Waals surface area (Å²) in [6.07, 6.45) is -0.510. The van der Waals surface area contributed by atoms with Gasteiger partial charge >= 0.3 is 11.9 Å². The van der Waals surface area contributed by atoms with E-state index in [1.165, 1.54) is 0 Å². The lowest BCUT2D eigenvalue weighted by Crippen LogP contribution is -2.25. The van der Waals surface area contributed by atoms with E-state index in [9.17, 15) is 19.8 Å². The van der Waals surface area contributed by atoms with Crippen LogP contribution in [-0.4, -0.2) is 34.4 Å². The summed E-state index contributed by atoms with van der Waals surface area (Å²) in [5.74, 6) is -0.280. The zero-order chi connectivity index (χ0) is 26.5. The molecule has 0 amide bonds. The van der Waals surface area contributed by atoms with Crippen LogP contribution in [0.2, 0.25) is 0 Å². The third-order valence-electron chi connectivity index (χ3n) is 5.65. The molecule has 188 valence electrons. The molecule has 0 aliphatic carbocycles. The van der Waals surface area contributed by atoms with Gasteiger partial charge in [0, 0.05) is 16.6 Å². The minimum Gasteiger partial charge on any atom is -0.423 e. The maximum Gasteiger partial charge on any atom is 0.338 e. The van der Waals surface area contributed by atoms with E-state index >= 15 is 0 Å². The Morgan fingerprint density at radius 1 is 0.800 bits per heavy atom. The van der Waals surface area contributed by atoms with E-state index in [1.807, 2.05) is 26.0 Å². The highest BCUT2D eigenvalue weighted by atomic mass is 16.5. The molecule has 0 bridgehead atoms. The van der Waals surface area contributed by atoms with E-state index in [1.54, 1.807) is 52.0 Å². The molecule has 0 radical (unpaired) electrons. The third-order valence-corrected chi connectivity index (χ3v) is 5.65. The first-order valence-electron chi connectivity index (χ1n) is 11.6. The maximum absolute atomic E-state index is 12.0. The second kappa shape index (κ2) is 11.5. The van der Waals surface area contributed by atoms with Crippen molar-refractivity contribution in [2.75, 3.05) is 0 Å². The average molecular weight is 481 g/mol. The Kier molecular flexibility index (Phi) is 9.18. The van der Waals surface area contributed by atoms with E-state index in [2.05, 4.69) is 13.2 Å². The predicted octanol–water partition coefficient (Wildman–Crippen LogP) is 4.82. The third kappa shape index (κ3) is 7.38. The van der Waals surface area contributed by atoms with Gasteiger partial charge in [-0.15, -0.1) is 0 Å². The topological polar surface area (TPSA) is 93.1 Å². The normalized spacial score (nSPS) is 13.0. The zero-order valence-corrected chi connectivity index (χ0v) is 21.5. The van der Waals surface area contributed by atoms with Gasteiger partial charge in [0.1, 0.15) is 11.5 Å². The minimum atomic E-state index is -0.613. The van der Waals surface area contributed by atoms with Crippen LogP contribution in [0.15, 0.2) is 60.7 Å². The van der Waals surface area contributed by atoms with Crippen molar-refractivity contribution in [2.24, 2.45) is 0 Å². The fourth-order valence-electron chi connectivity index (χ4n) is 3.99. The quantitative estimate of drug-likeness (QED) is 0.288. The highest BCUT2D eigenvalue weighted by molar-refractivity contribution is 5.89. The monoisotopic (exact) mass is 480 g/mol. The van der Waals surface area contributed by atoms with Crippen LogP contribution in [0.4, 0.5) is 0 Å². The van der Waals surface area contributed by atoms with Crippen molar-refractivity contribution in [3.05, 3.63) is 83.0 Å². The van der Waals surface area contributed by atoms with Gasteiger partial charge in [0.05, 0.1) is 12.2 Å². The molecule has 0 saturated heterocycles. The molecule has 2 rings (SSSR count). The molecule has 2 aromatic rings. The van der Waals surface area contributed by atoms with E-state index in [0.717, 1.165) is 22.3 Å². The van der Waals surface area contributed by atoms with Crippen molar-refractivity contribution in [3.63, 3.8) is 0 Å². The van der Waals surface area contributed by atoms with E-state index < -0.39 is 29.6 Å². The number of carbonyl (C=O) groups is 2. The number of esters is 2. The number of aliphatic hydroxyl groups excluding tert-OH is 2. The smallest absolute Gasteiger partial charge is 0.338 e. The number of ether oxygens (including phenoxy) is 2. The molecule has 6 heteroatoms. The Labute approximate surface area is 207 Å². The van der Waals surface area contributed by atoms with Gasteiger partial charge in [-0.3, -0.25) is 0 Å². The van der Waals surface area contributed by atoms with Gasteiger partial charge in [-0.05, 0) is 87.1 Å². The lowest BCUT2D eigenvalue weighted by Gasteiger charge is -2.32. The fourth-order valence-corrected chi connectivity index (χ4v) is 3.99. The number of rotatable bonds is 10. The number of hydrogen-bond donors (Lipinski definition) is 2. The molecule has 0 aliphatic rings. The average Bonchev–Trinajstić information content (AvgIpc) is 2.72. The highest BCUT2D eigenvalue weighted by Gasteiger charge is 2.30. The van der Waals surface area contributed by atoms with Gasteiger partial charge in [-0.2, -0.15) is 0 Å². The van der Waals surface area contributed by atoms with Crippen LogP contribution in [0, 0.1) is 0 Å². The molecule has 2 atom stereocenters. The van der Waals surface area contributed by atoms with Crippen molar-refractivity contribution in [2.45, 2.75) is 72.0 Å². The Bertz CT molecular complexity index is 1040. The second-order valence-corrected chi connectivity index (χ2v) is 9.71. The summed E-state index contributed by atoms with van der Waals surface area (Å²) < 4.78 is 10.8. The largest absolute Gasteiger partial charge is 0.423 e.